The third-order valence-electron chi connectivity index (χ3n) is 5.11. The fourth-order valence-corrected chi connectivity index (χ4v) is 3.85. The topological polar surface area (TPSA) is 12.0 Å². The molecule has 0 aliphatic heterocycles. The van der Waals surface area contributed by atoms with Crippen molar-refractivity contribution in [2.24, 2.45) is 17.8 Å². The van der Waals surface area contributed by atoms with Gasteiger partial charge in [-0.3, -0.25) is 0 Å². The Balaban J connectivity index is 1.72. The molecular weight excluding hydrogens is 230 g/mol. The summed E-state index contributed by atoms with van der Waals surface area (Å²) in [6.45, 7) is 5.63. The minimum Gasteiger partial charge on any atom is -0.310 e. The van der Waals surface area contributed by atoms with Crippen molar-refractivity contribution in [3.8, 4) is 0 Å². The van der Waals surface area contributed by atoms with E-state index in [1.165, 1.54) is 36.8 Å². The van der Waals surface area contributed by atoms with Gasteiger partial charge in [-0.05, 0) is 67.5 Å². The van der Waals surface area contributed by atoms with E-state index in [1.54, 1.807) is 0 Å². The van der Waals surface area contributed by atoms with Gasteiger partial charge in [0.25, 0.3) is 0 Å². The second-order valence-corrected chi connectivity index (χ2v) is 6.51. The van der Waals surface area contributed by atoms with Gasteiger partial charge in [0.2, 0.25) is 0 Å². The zero-order chi connectivity index (χ0) is 13.2. The first-order chi connectivity index (χ1) is 9.31. The zero-order valence-electron chi connectivity index (χ0n) is 12.4. The van der Waals surface area contributed by atoms with E-state index in [-0.39, 0.29) is 0 Å². The summed E-state index contributed by atoms with van der Waals surface area (Å²) in [4.78, 5) is 0. The molecule has 19 heavy (non-hydrogen) atoms. The maximum atomic E-state index is 3.81. The predicted octanol–water partition coefficient (Wildman–Crippen LogP) is 4.34. The Labute approximate surface area is 117 Å². The maximum Gasteiger partial charge on any atom is 0.0348 e. The van der Waals surface area contributed by atoms with Crippen molar-refractivity contribution < 1.29 is 0 Å². The maximum absolute atomic E-state index is 3.81. The van der Waals surface area contributed by atoms with Gasteiger partial charge in [-0.1, -0.05) is 38.1 Å². The summed E-state index contributed by atoms with van der Waals surface area (Å²) in [6.07, 6.45) is 6.80. The van der Waals surface area contributed by atoms with Crippen LogP contribution in [0.15, 0.2) is 24.3 Å². The molecule has 1 N–H and O–H groups in total. The van der Waals surface area contributed by atoms with E-state index in [4.69, 9.17) is 0 Å². The fourth-order valence-electron chi connectivity index (χ4n) is 3.85. The predicted molar refractivity (Wildman–Crippen MR) is 81.2 cm³/mol. The first-order valence-electron chi connectivity index (χ1n) is 8.14. The van der Waals surface area contributed by atoms with Crippen LogP contribution in [0.2, 0.25) is 0 Å². The van der Waals surface area contributed by atoms with Crippen LogP contribution in [-0.2, 0) is 6.42 Å². The molecule has 3 atom stereocenters. The summed E-state index contributed by atoms with van der Waals surface area (Å²) in [7, 11) is 0. The summed E-state index contributed by atoms with van der Waals surface area (Å²) in [5.41, 5.74) is 2.96. The Morgan fingerprint density at radius 3 is 2.32 bits per heavy atom. The number of nitrogens with one attached hydrogen (secondary N) is 1. The van der Waals surface area contributed by atoms with Gasteiger partial charge in [-0.2, -0.15) is 0 Å². The van der Waals surface area contributed by atoms with Crippen molar-refractivity contribution in [2.75, 3.05) is 6.54 Å². The molecule has 0 spiro atoms. The zero-order valence-corrected chi connectivity index (χ0v) is 12.4. The first kappa shape index (κ1) is 13.2. The van der Waals surface area contributed by atoms with Crippen LogP contribution < -0.4 is 5.32 Å². The molecule has 0 radical (unpaired) electrons. The van der Waals surface area contributed by atoms with Crippen LogP contribution >= 0.6 is 0 Å². The van der Waals surface area contributed by atoms with Crippen LogP contribution in [0.25, 0.3) is 0 Å². The van der Waals surface area contributed by atoms with Crippen molar-refractivity contribution in [3.63, 3.8) is 0 Å². The minimum atomic E-state index is 0.596. The van der Waals surface area contributed by atoms with Gasteiger partial charge < -0.3 is 5.32 Å². The molecule has 3 unspecified atom stereocenters. The Bertz CT molecular complexity index is 398. The lowest BCUT2D eigenvalue weighted by molar-refractivity contribution is 0.342. The first-order valence-corrected chi connectivity index (χ1v) is 8.14. The number of hydrogen-bond acceptors (Lipinski definition) is 1. The van der Waals surface area contributed by atoms with Crippen molar-refractivity contribution in [1.82, 2.24) is 5.32 Å². The Kier molecular flexibility index (Phi) is 3.93. The summed E-state index contributed by atoms with van der Waals surface area (Å²) >= 11 is 0. The molecular formula is C18H27N. The molecule has 1 aromatic carbocycles. The SMILES string of the molecule is CCCNC(c1ccc(CC)cc1)C1CC2CC2C1. The summed E-state index contributed by atoms with van der Waals surface area (Å²) in [5, 5.41) is 3.81. The highest BCUT2D eigenvalue weighted by atomic mass is 14.9. The average Bonchev–Trinajstić information content (AvgIpc) is 3.07. The Morgan fingerprint density at radius 1 is 1.05 bits per heavy atom. The molecule has 2 aliphatic rings. The molecule has 3 rings (SSSR count). The van der Waals surface area contributed by atoms with Crippen molar-refractivity contribution in [3.05, 3.63) is 35.4 Å². The van der Waals surface area contributed by atoms with Crippen molar-refractivity contribution >= 4 is 0 Å². The smallest absolute Gasteiger partial charge is 0.0348 e. The monoisotopic (exact) mass is 257 g/mol. The van der Waals surface area contributed by atoms with Gasteiger partial charge in [-0.15, -0.1) is 0 Å². The van der Waals surface area contributed by atoms with Crippen LogP contribution in [0.3, 0.4) is 0 Å². The molecule has 2 fully saturated rings. The van der Waals surface area contributed by atoms with Gasteiger partial charge in [-0.25, -0.2) is 0 Å². The van der Waals surface area contributed by atoms with Crippen LogP contribution in [-0.4, -0.2) is 6.54 Å². The quantitative estimate of drug-likeness (QED) is 0.799. The van der Waals surface area contributed by atoms with Gasteiger partial charge >= 0.3 is 0 Å². The number of benzene rings is 1. The number of aryl methyl sites for hydroxylation is 1. The lowest BCUT2D eigenvalue weighted by atomic mass is 9.88. The van der Waals surface area contributed by atoms with Crippen LogP contribution in [0.4, 0.5) is 0 Å². The molecule has 1 heteroatoms. The van der Waals surface area contributed by atoms with Gasteiger partial charge in [0.05, 0.1) is 0 Å². The lowest BCUT2D eigenvalue weighted by Crippen LogP contribution is -2.28. The third-order valence-corrected chi connectivity index (χ3v) is 5.11. The van der Waals surface area contributed by atoms with E-state index < -0.39 is 0 Å². The molecule has 0 heterocycles. The standard InChI is InChI=1S/C18H27N/c1-3-9-19-18(17-11-15-10-16(15)12-17)14-7-5-13(4-2)6-8-14/h5-8,15-19H,3-4,9-12H2,1-2H3. The van der Waals surface area contributed by atoms with E-state index in [0.29, 0.717) is 6.04 Å². The van der Waals surface area contributed by atoms with E-state index in [0.717, 1.165) is 30.7 Å². The highest BCUT2D eigenvalue weighted by Gasteiger charge is 2.47. The lowest BCUT2D eigenvalue weighted by Gasteiger charge is -2.26. The normalized spacial score (nSPS) is 30.1. The van der Waals surface area contributed by atoms with Crippen molar-refractivity contribution in [1.29, 1.82) is 0 Å². The van der Waals surface area contributed by atoms with E-state index in [1.807, 2.05) is 0 Å². The summed E-state index contributed by atoms with van der Waals surface area (Å²) < 4.78 is 0. The molecule has 104 valence electrons. The molecule has 0 bridgehead atoms. The van der Waals surface area contributed by atoms with E-state index >= 15 is 0 Å². The third kappa shape index (κ3) is 2.86. The molecule has 0 amide bonds. The average molecular weight is 257 g/mol. The highest BCUT2D eigenvalue weighted by molar-refractivity contribution is 5.26. The molecule has 1 aromatic rings. The molecule has 1 nitrogen and oxygen atoms in total. The van der Waals surface area contributed by atoms with Crippen LogP contribution in [0.5, 0.6) is 0 Å². The largest absolute Gasteiger partial charge is 0.310 e. The molecule has 2 aliphatic carbocycles. The number of rotatable bonds is 6. The molecule has 0 aromatic heterocycles. The van der Waals surface area contributed by atoms with E-state index in [9.17, 15) is 0 Å². The number of fused-ring (bicyclic) bond motifs is 1. The summed E-state index contributed by atoms with van der Waals surface area (Å²) in [6, 6.07) is 9.93. The molecule has 2 saturated carbocycles. The fraction of sp³-hybridized carbons (Fsp3) is 0.667. The van der Waals surface area contributed by atoms with Crippen molar-refractivity contribution in [2.45, 2.75) is 52.0 Å². The van der Waals surface area contributed by atoms with Crippen LogP contribution in [0.1, 0.15) is 56.7 Å². The Hall–Kier alpha value is -0.820. The second kappa shape index (κ2) is 5.66. The van der Waals surface area contributed by atoms with Gasteiger partial charge in [0.15, 0.2) is 0 Å². The second-order valence-electron chi connectivity index (χ2n) is 6.51. The minimum absolute atomic E-state index is 0.596. The van der Waals surface area contributed by atoms with E-state index in [2.05, 4.69) is 43.4 Å². The Morgan fingerprint density at radius 2 is 1.74 bits per heavy atom. The number of hydrogen-bond donors (Lipinski definition) is 1. The summed E-state index contributed by atoms with van der Waals surface area (Å²) in [5.74, 6) is 3.03. The highest BCUT2D eigenvalue weighted by Crippen LogP contribution is 2.57. The molecule has 0 saturated heterocycles. The van der Waals surface area contributed by atoms with Gasteiger partial charge in [0.1, 0.15) is 0 Å². The van der Waals surface area contributed by atoms with Crippen LogP contribution in [0, 0.1) is 17.8 Å². The van der Waals surface area contributed by atoms with Gasteiger partial charge in [0, 0.05) is 6.04 Å².